The Morgan fingerprint density at radius 3 is 0.903 bits per heavy atom. The molecule has 0 fully saturated rings. The molecule has 10 nitrogen and oxygen atoms in total. The number of hydrogen-bond donors (Lipinski definition) is 2. The first-order valence-corrected chi connectivity index (χ1v) is 21.5. The number of anilines is 2. The van der Waals surface area contributed by atoms with Crippen molar-refractivity contribution in [1.82, 2.24) is 0 Å². The summed E-state index contributed by atoms with van der Waals surface area (Å²) in [5.41, 5.74) is 18.1. The van der Waals surface area contributed by atoms with Gasteiger partial charge in [0.25, 0.3) is 0 Å². The maximum absolute atomic E-state index is 9.89. The summed E-state index contributed by atoms with van der Waals surface area (Å²) < 4.78 is 44.4. The van der Waals surface area contributed by atoms with Crippen LogP contribution in [-0.2, 0) is 0 Å². The molecule has 6 rings (SSSR count). The summed E-state index contributed by atoms with van der Waals surface area (Å²) in [6.07, 6.45) is 8.72. The Morgan fingerprint density at radius 2 is 0.661 bits per heavy atom. The predicted molar refractivity (Wildman–Crippen MR) is 245 cm³/mol. The van der Waals surface area contributed by atoms with Crippen molar-refractivity contribution >= 4 is 19.2 Å². The molecule has 0 atom stereocenters. The third kappa shape index (κ3) is 17.1. The molecule has 0 radical (unpaired) electrons. The summed E-state index contributed by atoms with van der Waals surface area (Å²) in [5, 5.41) is 16.6. The summed E-state index contributed by atoms with van der Waals surface area (Å²) in [4.78, 5) is 0. The average molecular weight is 847 g/mol. The van der Waals surface area contributed by atoms with Crippen LogP contribution in [0.25, 0.3) is 44.9 Å². The van der Waals surface area contributed by atoms with Gasteiger partial charge in [-0.25, -0.2) is 0 Å². The van der Waals surface area contributed by atoms with Crippen molar-refractivity contribution in [1.29, 1.82) is 0 Å². The lowest BCUT2D eigenvalue weighted by atomic mass is 10.0. The van der Waals surface area contributed by atoms with E-state index in [0.717, 1.165) is 146 Å². The van der Waals surface area contributed by atoms with E-state index < -0.39 is 7.40 Å². The topological polar surface area (TPSA) is 158 Å². The van der Waals surface area contributed by atoms with E-state index >= 15 is 0 Å². The van der Waals surface area contributed by atoms with Crippen LogP contribution in [0.1, 0.15) is 79.1 Å². The molecule has 0 saturated heterocycles. The van der Waals surface area contributed by atoms with Crippen LogP contribution >= 0.6 is 0 Å². The van der Waals surface area contributed by atoms with Gasteiger partial charge in [0, 0.05) is 11.1 Å². The Morgan fingerprint density at radius 1 is 0.419 bits per heavy atom. The number of ether oxygens (including phenoxy) is 4. The minimum absolute atomic E-state index is 0.379. The van der Waals surface area contributed by atoms with Gasteiger partial charge in [0.2, 0.25) is 0 Å². The van der Waals surface area contributed by atoms with E-state index in [1.807, 2.05) is 121 Å². The molecule has 0 saturated carbocycles. The molecule has 4 N–H and O–H groups in total. The summed E-state index contributed by atoms with van der Waals surface area (Å²) in [6, 6.07) is 39.7. The molecular weight excluding hydrogens is 786 g/mol. The third-order valence-corrected chi connectivity index (χ3v) is 9.34. The van der Waals surface area contributed by atoms with Crippen molar-refractivity contribution in [3.05, 3.63) is 121 Å². The minimum Gasteiger partial charge on any atom is -0.867 e. The monoisotopic (exact) mass is 846 g/mol. The highest BCUT2D eigenvalue weighted by atomic mass is 19.1. The van der Waals surface area contributed by atoms with E-state index in [2.05, 4.69) is 27.7 Å². The molecule has 0 bridgehead atoms. The minimum atomic E-state index is -3.17. The Balaban J connectivity index is 0.000000251. The van der Waals surface area contributed by atoms with Gasteiger partial charge in [0.15, 0.2) is 0 Å². The second kappa shape index (κ2) is 27.0. The van der Waals surface area contributed by atoms with Crippen molar-refractivity contribution < 1.29 is 42.1 Å². The van der Waals surface area contributed by atoms with Crippen molar-refractivity contribution in [2.45, 2.75) is 79.1 Å². The lowest BCUT2D eigenvalue weighted by molar-refractivity contribution is -0.366. The fourth-order valence-corrected chi connectivity index (χ4v) is 5.92. The zero-order valence-electron chi connectivity index (χ0n) is 36.4. The second-order valence-corrected chi connectivity index (χ2v) is 14.4. The fraction of sp³-hybridized carbons (Fsp3) is 0.320. The first-order chi connectivity index (χ1) is 30.1. The highest BCUT2D eigenvalue weighted by molar-refractivity contribution is 6.27. The maximum atomic E-state index is 9.89. The Bertz CT molecular complexity index is 1860. The van der Waals surface area contributed by atoms with Gasteiger partial charge in [-0.2, -0.15) is 8.83 Å². The highest BCUT2D eigenvalue weighted by Crippen LogP contribution is 2.33. The van der Waals surface area contributed by atoms with Crippen LogP contribution in [0.5, 0.6) is 23.0 Å². The summed E-state index contributed by atoms with van der Waals surface area (Å²) in [5.74, 6) is 5.71. The molecule has 0 aliphatic rings. The van der Waals surface area contributed by atoms with E-state index in [1.54, 1.807) is 0 Å². The SMILES string of the molecule is CCCCOc1ccc(-c2cc(N)[o+]c(-c3ccc(OCCCC)cc3)c2)cc1.CCCCOc1ccc(-c2cc(N)[o+]c(-c3ccc(OCCCC)cc3)c2)cc1.[O-]B([O-])F. The number of unbranched alkanes of at least 4 members (excludes halogenated alkanes) is 4. The van der Waals surface area contributed by atoms with Crippen molar-refractivity contribution in [3.63, 3.8) is 0 Å². The quantitative estimate of drug-likeness (QED) is 0.0430. The van der Waals surface area contributed by atoms with Gasteiger partial charge >= 0.3 is 23.3 Å². The molecule has 0 spiro atoms. The molecule has 328 valence electrons. The first-order valence-electron chi connectivity index (χ1n) is 21.5. The molecule has 4 aromatic carbocycles. The molecule has 62 heavy (non-hydrogen) atoms. The number of benzene rings is 4. The Labute approximate surface area is 366 Å². The molecule has 2 heterocycles. The number of hydrogen-bond acceptors (Lipinski definition) is 8. The molecule has 0 amide bonds. The van der Waals surface area contributed by atoms with Gasteiger partial charge in [0.1, 0.15) is 30.4 Å². The van der Waals surface area contributed by atoms with E-state index in [4.69, 9.17) is 49.3 Å². The van der Waals surface area contributed by atoms with Crippen LogP contribution in [0.3, 0.4) is 0 Å². The standard InChI is InChI=1S/2C25H30NO3.BFO2/c2*1-3-5-15-27-22-11-7-19(8-12-22)21-17-24(29-25(26)18-21)20-9-13-23(14-10-20)28-16-6-4-2;2-1(3)4/h2*7-14,17-18H,3-6,15-16,26H2,1-2H3;/q2*+1;-2. The molecule has 0 aliphatic heterocycles. The largest absolute Gasteiger partial charge is 0.867 e. The molecule has 12 heteroatoms. The van der Waals surface area contributed by atoms with E-state index in [-0.39, 0.29) is 0 Å². The van der Waals surface area contributed by atoms with Crippen molar-refractivity contribution in [2.75, 3.05) is 37.9 Å². The number of halogens is 1. The van der Waals surface area contributed by atoms with Crippen LogP contribution in [0.2, 0.25) is 0 Å². The van der Waals surface area contributed by atoms with E-state index in [1.165, 1.54) is 0 Å². The van der Waals surface area contributed by atoms with Crippen LogP contribution in [0.15, 0.2) is 130 Å². The van der Waals surface area contributed by atoms with E-state index in [0.29, 0.717) is 11.8 Å². The highest BCUT2D eigenvalue weighted by Gasteiger charge is 2.19. The smallest absolute Gasteiger partial charge is 0.425 e. The third-order valence-electron chi connectivity index (χ3n) is 9.34. The first kappa shape index (κ1) is 48.6. The summed E-state index contributed by atoms with van der Waals surface area (Å²) >= 11 is 0. The average Bonchev–Trinajstić information content (AvgIpc) is 3.27. The lowest BCUT2D eigenvalue weighted by Crippen LogP contribution is -2.39. The van der Waals surface area contributed by atoms with Gasteiger partial charge < -0.3 is 44.8 Å². The van der Waals surface area contributed by atoms with Gasteiger partial charge in [-0.3, -0.25) is 0 Å². The van der Waals surface area contributed by atoms with Crippen LogP contribution < -0.4 is 40.5 Å². The normalized spacial score (nSPS) is 10.4. The second-order valence-electron chi connectivity index (χ2n) is 14.4. The van der Waals surface area contributed by atoms with Crippen LogP contribution in [0.4, 0.5) is 16.1 Å². The van der Waals surface area contributed by atoms with Gasteiger partial charge in [-0.05, 0) is 110 Å². The van der Waals surface area contributed by atoms with Gasteiger partial charge in [0.05, 0.1) is 61.8 Å². The van der Waals surface area contributed by atoms with Crippen molar-refractivity contribution in [2.24, 2.45) is 0 Å². The summed E-state index contributed by atoms with van der Waals surface area (Å²) in [6.45, 7) is 11.6. The van der Waals surface area contributed by atoms with Crippen LogP contribution in [0, 0.1) is 0 Å². The molecule has 6 aromatic rings. The maximum Gasteiger partial charge on any atom is 0.425 e. The van der Waals surface area contributed by atoms with Gasteiger partial charge in [-0.15, -0.1) is 0 Å². The number of nitrogen functional groups attached to an aromatic ring is 2. The molecule has 2 aromatic heterocycles. The fourth-order valence-electron chi connectivity index (χ4n) is 5.92. The zero-order chi connectivity index (χ0) is 44.5. The van der Waals surface area contributed by atoms with Crippen LogP contribution in [-0.4, -0.2) is 33.8 Å². The summed E-state index contributed by atoms with van der Waals surface area (Å²) in [7, 11) is -3.17. The Hall–Kier alpha value is -6.11. The lowest BCUT2D eigenvalue weighted by Gasteiger charge is -2.09. The number of rotatable bonds is 20. The van der Waals surface area contributed by atoms with Gasteiger partial charge in [-0.1, -0.05) is 77.6 Å². The predicted octanol–water partition coefficient (Wildman–Crippen LogP) is 11.3. The molecular formula is C50H60BFN2O8. The molecule has 0 aliphatic carbocycles. The Kier molecular flexibility index (Phi) is 21.1. The zero-order valence-corrected chi connectivity index (χ0v) is 36.4. The molecule has 0 unspecified atom stereocenters. The van der Waals surface area contributed by atoms with E-state index in [9.17, 15) is 4.32 Å². The number of nitrogens with two attached hydrogens (primary N) is 2. The van der Waals surface area contributed by atoms with Crippen molar-refractivity contribution in [3.8, 4) is 67.9 Å².